The van der Waals surface area contributed by atoms with Crippen molar-refractivity contribution < 1.29 is 15.7 Å². The average Bonchev–Trinajstić information content (AvgIpc) is 2.27. The monoisotopic (exact) mass is 348 g/mol. The van der Waals surface area contributed by atoms with Crippen LogP contribution in [-0.2, 0) is 15.7 Å². The third-order valence-corrected chi connectivity index (χ3v) is 11.7. The van der Waals surface area contributed by atoms with Gasteiger partial charge in [0.1, 0.15) is 0 Å². The summed E-state index contributed by atoms with van der Waals surface area (Å²) in [4.78, 5) is 23.1. The first-order chi connectivity index (χ1) is 7.78. The van der Waals surface area contributed by atoms with Gasteiger partial charge in [0.05, 0.1) is 0 Å². The minimum absolute atomic E-state index is 0.319. The molecule has 0 bridgehead atoms. The fraction of sp³-hybridized carbons (Fsp3) is 0.500. The number of hydrogen-bond acceptors (Lipinski definition) is 4. The molecule has 0 N–H and O–H groups in total. The molecule has 0 fully saturated rings. The molecule has 0 atom stereocenters. The predicted octanol–water partition coefficient (Wildman–Crippen LogP) is 2.71. The van der Waals surface area contributed by atoms with E-state index in [-0.39, 0.29) is 0 Å². The summed E-state index contributed by atoms with van der Waals surface area (Å²) in [6, 6.07) is 0. The normalized spacial score (nSPS) is 10.6. The maximum atomic E-state index is 11.5. The van der Waals surface area contributed by atoms with Gasteiger partial charge in [0, 0.05) is 0 Å². The molecule has 0 aromatic heterocycles. The molecule has 96 valence electrons. The van der Waals surface area contributed by atoms with Crippen LogP contribution in [0, 0.1) is 0 Å². The van der Waals surface area contributed by atoms with Crippen molar-refractivity contribution in [1.82, 2.24) is 0 Å². The van der Waals surface area contributed by atoms with Crippen molar-refractivity contribution >= 4 is 31.1 Å². The molecule has 0 aromatic carbocycles. The first-order valence-electron chi connectivity index (χ1n) is 5.55. The van der Waals surface area contributed by atoms with E-state index in [1.807, 2.05) is 13.8 Å². The van der Waals surface area contributed by atoms with Gasteiger partial charge in [-0.1, -0.05) is 0 Å². The molecule has 0 unspecified atom stereocenters. The summed E-state index contributed by atoms with van der Waals surface area (Å²) in [5.41, 5.74) is 0.638. The number of carbonyl (C=O) groups is 2. The van der Waals surface area contributed by atoms with E-state index >= 15 is 0 Å². The van der Waals surface area contributed by atoms with Crippen LogP contribution < -0.4 is 0 Å². The van der Waals surface area contributed by atoms with E-state index in [2.05, 4.69) is 13.2 Å². The standard InChI is InChI=1S/2C4H6O2.2C2H5.Sn/c2*1-3(2)4(5)6;2*1-2;/h2*1H2,2H3,(H,5,6);2*1H2,2H3;/q;;;;+2/p-2. The molecule has 5 heteroatoms. The van der Waals surface area contributed by atoms with Gasteiger partial charge in [-0.2, -0.15) is 0 Å². The quantitative estimate of drug-likeness (QED) is 0.548. The molecule has 0 aliphatic carbocycles. The van der Waals surface area contributed by atoms with Gasteiger partial charge in [-0.15, -0.1) is 0 Å². The molecule has 0 aliphatic heterocycles. The van der Waals surface area contributed by atoms with E-state index in [0.29, 0.717) is 20.0 Å². The second-order valence-electron chi connectivity index (χ2n) is 3.96. The number of carbonyl (C=O) groups excluding carboxylic acids is 2. The molecule has 4 nitrogen and oxygen atoms in total. The van der Waals surface area contributed by atoms with Crippen molar-refractivity contribution in [1.29, 1.82) is 0 Å². The molecular formula is C12H20O4Sn. The molecular weight excluding hydrogens is 327 g/mol. The Morgan fingerprint density at radius 1 is 0.941 bits per heavy atom. The van der Waals surface area contributed by atoms with E-state index < -0.39 is 31.1 Å². The van der Waals surface area contributed by atoms with E-state index in [1.54, 1.807) is 13.8 Å². The van der Waals surface area contributed by atoms with Gasteiger partial charge in [0.15, 0.2) is 0 Å². The fourth-order valence-electron chi connectivity index (χ4n) is 1.07. The van der Waals surface area contributed by atoms with E-state index in [0.717, 1.165) is 0 Å². The Kier molecular flexibility index (Phi) is 6.52. The summed E-state index contributed by atoms with van der Waals surface area (Å²) >= 11 is -3.63. The molecule has 0 spiro atoms. The number of rotatable bonds is 6. The Labute approximate surface area is 108 Å². The summed E-state index contributed by atoms with van der Waals surface area (Å²) in [6.45, 7) is 13.9. The van der Waals surface area contributed by atoms with Crippen LogP contribution in [0.3, 0.4) is 0 Å². The molecule has 17 heavy (non-hydrogen) atoms. The van der Waals surface area contributed by atoms with Crippen LogP contribution in [0.25, 0.3) is 0 Å². The summed E-state index contributed by atoms with van der Waals surface area (Å²) < 4.78 is 12.0. The molecule has 0 heterocycles. The fourth-order valence-corrected chi connectivity index (χ4v) is 7.19. The SMILES string of the molecule is C=C(C)C(=O)[O][Sn]([CH2]C)([CH2]C)[O]C(=O)C(=C)C. The van der Waals surface area contributed by atoms with Crippen LogP contribution in [0.5, 0.6) is 0 Å². The maximum absolute atomic E-state index is 11.5. The zero-order valence-electron chi connectivity index (χ0n) is 11.0. The first kappa shape index (κ1) is 16.2. The summed E-state index contributed by atoms with van der Waals surface area (Å²) in [5, 5.41) is 0. The summed E-state index contributed by atoms with van der Waals surface area (Å²) in [6.07, 6.45) is 0. The van der Waals surface area contributed by atoms with E-state index in [1.165, 1.54) is 0 Å². The second-order valence-corrected chi connectivity index (χ2v) is 14.4. The minimum atomic E-state index is -3.63. The molecule has 0 radical (unpaired) electrons. The van der Waals surface area contributed by atoms with Crippen LogP contribution >= 0.6 is 0 Å². The average molecular weight is 347 g/mol. The molecule has 0 aromatic rings. The van der Waals surface area contributed by atoms with E-state index in [9.17, 15) is 9.59 Å². The van der Waals surface area contributed by atoms with Crippen LogP contribution in [-0.4, -0.2) is 31.1 Å². The van der Waals surface area contributed by atoms with Crippen LogP contribution in [0.2, 0.25) is 8.87 Å². The third kappa shape index (κ3) is 4.93. The van der Waals surface area contributed by atoms with E-state index in [4.69, 9.17) is 6.15 Å². The second kappa shape index (κ2) is 6.83. The van der Waals surface area contributed by atoms with Gasteiger partial charge in [-0.05, 0) is 0 Å². The third-order valence-electron chi connectivity index (χ3n) is 2.33. The summed E-state index contributed by atoms with van der Waals surface area (Å²) in [7, 11) is 0. The summed E-state index contributed by atoms with van der Waals surface area (Å²) in [5.74, 6) is -0.946. The molecule has 0 saturated carbocycles. The van der Waals surface area contributed by atoms with Crippen LogP contribution in [0.4, 0.5) is 0 Å². The molecule has 0 aliphatic rings. The Morgan fingerprint density at radius 3 is 1.41 bits per heavy atom. The Bertz CT molecular complexity index is 312. The Hall–Kier alpha value is -0.781. The van der Waals surface area contributed by atoms with Gasteiger partial charge < -0.3 is 0 Å². The van der Waals surface area contributed by atoms with Gasteiger partial charge in [0.2, 0.25) is 0 Å². The molecule has 0 saturated heterocycles. The van der Waals surface area contributed by atoms with Crippen molar-refractivity contribution in [2.75, 3.05) is 0 Å². The van der Waals surface area contributed by atoms with Crippen molar-refractivity contribution in [3.05, 3.63) is 24.3 Å². The Morgan fingerprint density at radius 2 is 1.24 bits per heavy atom. The first-order valence-corrected chi connectivity index (χ1v) is 11.9. The van der Waals surface area contributed by atoms with Crippen molar-refractivity contribution in [3.8, 4) is 0 Å². The van der Waals surface area contributed by atoms with Gasteiger partial charge in [-0.25, -0.2) is 0 Å². The van der Waals surface area contributed by atoms with Crippen LogP contribution in [0.1, 0.15) is 27.7 Å². The van der Waals surface area contributed by atoms with Crippen molar-refractivity contribution in [2.45, 2.75) is 36.6 Å². The molecule has 0 rings (SSSR count). The van der Waals surface area contributed by atoms with Crippen molar-refractivity contribution in [3.63, 3.8) is 0 Å². The Balaban J connectivity index is 4.90. The zero-order valence-corrected chi connectivity index (χ0v) is 13.8. The van der Waals surface area contributed by atoms with Gasteiger partial charge in [-0.3, -0.25) is 0 Å². The molecule has 0 amide bonds. The zero-order chi connectivity index (χ0) is 13.6. The van der Waals surface area contributed by atoms with Gasteiger partial charge >= 0.3 is 108 Å². The van der Waals surface area contributed by atoms with Gasteiger partial charge in [0.25, 0.3) is 0 Å². The van der Waals surface area contributed by atoms with Crippen molar-refractivity contribution in [2.24, 2.45) is 0 Å². The van der Waals surface area contributed by atoms with Crippen LogP contribution in [0.15, 0.2) is 24.3 Å². The topological polar surface area (TPSA) is 52.6 Å². The number of hydrogen-bond donors (Lipinski definition) is 0. The predicted molar refractivity (Wildman–Crippen MR) is 68.5 cm³/mol.